The number of sulfone groups is 1. The summed E-state index contributed by atoms with van der Waals surface area (Å²) in [5.41, 5.74) is 3.37. The Morgan fingerprint density at radius 2 is 1.88 bits per heavy atom. The van der Waals surface area contributed by atoms with Crippen LogP contribution in [0.3, 0.4) is 0 Å². The third kappa shape index (κ3) is 4.99. The molecule has 2 heterocycles. The van der Waals surface area contributed by atoms with Gasteiger partial charge in [0.2, 0.25) is 0 Å². The van der Waals surface area contributed by atoms with E-state index in [1.54, 1.807) is 0 Å². The van der Waals surface area contributed by atoms with Gasteiger partial charge in [-0.1, -0.05) is 18.2 Å². The van der Waals surface area contributed by atoms with Gasteiger partial charge in [-0.05, 0) is 62.6 Å². The van der Waals surface area contributed by atoms with Crippen LogP contribution in [-0.2, 0) is 27.5 Å². The molecule has 2 aliphatic rings. The van der Waals surface area contributed by atoms with Crippen LogP contribution in [0.4, 0.5) is 5.00 Å². The number of benzene rings is 1. The minimum Gasteiger partial charge on any atom is -0.483 e. The quantitative estimate of drug-likeness (QED) is 0.667. The zero-order chi connectivity index (χ0) is 22.9. The Morgan fingerprint density at radius 3 is 2.56 bits per heavy atom. The van der Waals surface area contributed by atoms with E-state index in [0.29, 0.717) is 22.7 Å². The van der Waals surface area contributed by atoms with Gasteiger partial charge >= 0.3 is 0 Å². The minimum absolute atomic E-state index is 0.0314. The van der Waals surface area contributed by atoms with Crippen LogP contribution in [-0.4, -0.2) is 44.4 Å². The molecular formula is C23H28N2O5S2. The average Bonchev–Trinajstić information content (AvgIpc) is 3.26. The molecule has 1 aliphatic heterocycles. The van der Waals surface area contributed by atoms with Crippen LogP contribution in [0.1, 0.15) is 51.2 Å². The van der Waals surface area contributed by atoms with Crippen molar-refractivity contribution < 1.29 is 22.7 Å². The molecule has 2 aromatic rings. The molecule has 4 rings (SSSR count). The fourth-order valence-electron chi connectivity index (χ4n) is 4.39. The van der Waals surface area contributed by atoms with E-state index in [4.69, 9.17) is 4.74 Å². The van der Waals surface area contributed by atoms with Crippen molar-refractivity contribution in [2.75, 3.05) is 23.4 Å². The number of para-hydroxylation sites is 1. The molecule has 0 bridgehead atoms. The highest BCUT2D eigenvalue weighted by molar-refractivity contribution is 7.91. The summed E-state index contributed by atoms with van der Waals surface area (Å²) in [4.78, 5) is 26.9. The van der Waals surface area contributed by atoms with Gasteiger partial charge in [0.05, 0.1) is 17.1 Å². The molecule has 32 heavy (non-hydrogen) atoms. The van der Waals surface area contributed by atoms with Gasteiger partial charge in [0.25, 0.3) is 11.8 Å². The predicted octanol–water partition coefficient (Wildman–Crippen LogP) is 3.18. The van der Waals surface area contributed by atoms with Crippen molar-refractivity contribution in [3.05, 3.63) is 45.3 Å². The standard InChI is InChI=1S/C23H28N2O5S2/c1-14-6-5-7-15(2)21(14)30-12-19(26)25-23-20(17-8-3-4-9-18(17)31-23)22(27)24-16-10-11-32(28,29)13-16/h5-7,16H,3-4,8-13H2,1-2H3,(H,24,27)(H,25,26)/t16-/m1/s1. The van der Waals surface area contributed by atoms with Crippen LogP contribution in [0.5, 0.6) is 5.75 Å². The summed E-state index contributed by atoms with van der Waals surface area (Å²) in [6, 6.07) is 5.41. The summed E-state index contributed by atoms with van der Waals surface area (Å²) in [6.07, 6.45) is 4.13. The van der Waals surface area contributed by atoms with Gasteiger partial charge in [-0.2, -0.15) is 0 Å². The van der Waals surface area contributed by atoms with E-state index in [1.807, 2.05) is 32.0 Å². The highest BCUT2D eigenvalue weighted by Gasteiger charge is 2.32. The Labute approximate surface area is 192 Å². The highest BCUT2D eigenvalue weighted by atomic mass is 32.2. The first-order valence-corrected chi connectivity index (χ1v) is 13.5. The number of carbonyl (C=O) groups excluding carboxylic acids is 2. The lowest BCUT2D eigenvalue weighted by Crippen LogP contribution is -2.36. The molecule has 9 heteroatoms. The first-order chi connectivity index (χ1) is 15.2. The number of nitrogens with one attached hydrogen (secondary N) is 2. The molecule has 0 spiro atoms. The van der Waals surface area contributed by atoms with Crippen molar-refractivity contribution in [3.63, 3.8) is 0 Å². The van der Waals surface area contributed by atoms with Gasteiger partial charge in [-0.15, -0.1) is 11.3 Å². The second kappa shape index (κ2) is 9.23. The highest BCUT2D eigenvalue weighted by Crippen LogP contribution is 2.38. The predicted molar refractivity (Wildman–Crippen MR) is 126 cm³/mol. The lowest BCUT2D eigenvalue weighted by molar-refractivity contribution is -0.118. The number of fused-ring (bicyclic) bond motifs is 1. The summed E-state index contributed by atoms with van der Waals surface area (Å²) < 4.78 is 29.3. The second-order valence-electron chi connectivity index (χ2n) is 8.55. The van der Waals surface area contributed by atoms with E-state index < -0.39 is 9.84 Å². The zero-order valence-electron chi connectivity index (χ0n) is 18.3. The molecule has 1 fully saturated rings. The molecule has 1 atom stereocenters. The molecule has 2 amide bonds. The normalized spacial score (nSPS) is 19.2. The summed E-state index contributed by atoms with van der Waals surface area (Å²) in [7, 11) is -3.10. The molecule has 1 aliphatic carbocycles. The number of rotatable bonds is 6. The number of hydrogen-bond acceptors (Lipinski definition) is 6. The van der Waals surface area contributed by atoms with E-state index in [-0.39, 0.29) is 36.0 Å². The molecule has 2 N–H and O–H groups in total. The van der Waals surface area contributed by atoms with Gasteiger partial charge in [-0.25, -0.2) is 8.42 Å². The molecule has 0 unspecified atom stereocenters. The van der Waals surface area contributed by atoms with Gasteiger partial charge < -0.3 is 15.4 Å². The molecular weight excluding hydrogens is 448 g/mol. The zero-order valence-corrected chi connectivity index (χ0v) is 20.0. The van der Waals surface area contributed by atoms with Gasteiger partial charge in [0, 0.05) is 10.9 Å². The average molecular weight is 477 g/mol. The molecule has 0 radical (unpaired) electrons. The third-order valence-corrected chi connectivity index (χ3v) is 8.95. The molecule has 0 saturated carbocycles. The van der Waals surface area contributed by atoms with Gasteiger partial charge in [0.1, 0.15) is 10.8 Å². The van der Waals surface area contributed by atoms with E-state index in [9.17, 15) is 18.0 Å². The van der Waals surface area contributed by atoms with Crippen LogP contribution in [0.2, 0.25) is 0 Å². The number of anilines is 1. The lowest BCUT2D eigenvalue weighted by Gasteiger charge is -2.16. The fourth-order valence-corrected chi connectivity index (χ4v) is 7.36. The Bertz CT molecular complexity index is 1130. The van der Waals surface area contributed by atoms with Crippen LogP contribution in [0.25, 0.3) is 0 Å². The summed E-state index contributed by atoms with van der Waals surface area (Å²) in [6.45, 7) is 3.70. The van der Waals surface area contributed by atoms with Crippen LogP contribution in [0, 0.1) is 13.8 Å². The SMILES string of the molecule is Cc1cccc(C)c1OCC(=O)Nc1sc2c(c1C(=O)N[C@@H]1CCS(=O)(=O)C1)CCCC2. The lowest BCUT2D eigenvalue weighted by atomic mass is 9.95. The summed E-state index contributed by atoms with van der Waals surface area (Å²) >= 11 is 1.44. The third-order valence-electron chi connectivity index (χ3n) is 5.98. The Kier molecular flexibility index (Phi) is 6.57. The molecule has 1 aromatic heterocycles. The largest absolute Gasteiger partial charge is 0.483 e. The summed E-state index contributed by atoms with van der Waals surface area (Å²) in [5.74, 6) is 0.115. The Balaban J connectivity index is 1.50. The maximum atomic E-state index is 13.1. The van der Waals surface area contributed by atoms with E-state index in [0.717, 1.165) is 47.3 Å². The van der Waals surface area contributed by atoms with E-state index in [2.05, 4.69) is 10.6 Å². The smallest absolute Gasteiger partial charge is 0.262 e. The monoisotopic (exact) mass is 476 g/mol. The van der Waals surface area contributed by atoms with Crippen molar-refractivity contribution in [1.29, 1.82) is 0 Å². The first kappa shape index (κ1) is 22.8. The van der Waals surface area contributed by atoms with E-state index in [1.165, 1.54) is 11.3 Å². The van der Waals surface area contributed by atoms with Crippen molar-refractivity contribution >= 4 is 38.0 Å². The minimum atomic E-state index is -3.10. The Hall–Kier alpha value is -2.39. The van der Waals surface area contributed by atoms with Crippen molar-refractivity contribution in [1.82, 2.24) is 5.32 Å². The maximum Gasteiger partial charge on any atom is 0.262 e. The number of carbonyl (C=O) groups is 2. The Morgan fingerprint density at radius 1 is 1.16 bits per heavy atom. The number of thiophene rings is 1. The molecule has 7 nitrogen and oxygen atoms in total. The van der Waals surface area contributed by atoms with Crippen molar-refractivity contribution in [2.45, 2.75) is 52.0 Å². The van der Waals surface area contributed by atoms with Crippen LogP contribution in [0.15, 0.2) is 18.2 Å². The number of ether oxygens (including phenoxy) is 1. The topological polar surface area (TPSA) is 102 Å². The number of amides is 2. The number of hydrogen-bond donors (Lipinski definition) is 2. The van der Waals surface area contributed by atoms with Crippen molar-refractivity contribution in [2.24, 2.45) is 0 Å². The molecule has 1 saturated heterocycles. The first-order valence-electron chi connectivity index (χ1n) is 10.9. The summed E-state index contributed by atoms with van der Waals surface area (Å²) in [5, 5.41) is 6.27. The van der Waals surface area contributed by atoms with Crippen LogP contribution >= 0.6 is 11.3 Å². The van der Waals surface area contributed by atoms with E-state index >= 15 is 0 Å². The van der Waals surface area contributed by atoms with Crippen LogP contribution < -0.4 is 15.4 Å². The molecule has 1 aromatic carbocycles. The fraction of sp³-hybridized carbons (Fsp3) is 0.478. The van der Waals surface area contributed by atoms with Crippen molar-refractivity contribution in [3.8, 4) is 5.75 Å². The van der Waals surface area contributed by atoms with Gasteiger partial charge in [0.15, 0.2) is 16.4 Å². The second-order valence-corrected chi connectivity index (χ2v) is 11.9. The van der Waals surface area contributed by atoms with Gasteiger partial charge in [-0.3, -0.25) is 9.59 Å². The maximum absolute atomic E-state index is 13.1. The molecule has 172 valence electrons. The number of aryl methyl sites for hydroxylation is 3.